The van der Waals surface area contributed by atoms with Crippen molar-refractivity contribution in [1.29, 1.82) is 0 Å². The van der Waals surface area contributed by atoms with E-state index in [0.717, 1.165) is 0 Å². The van der Waals surface area contributed by atoms with Gasteiger partial charge in [-0.25, -0.2) is 5.43 Å². The molecular weight excluding hydrogens is 366 g/mol. The highest BCUT2D eigenvalue weighted by Gasteiger charge is 2.20. The van der Waals surface area contributed by atoms with E-state index in [1.54, 1.807) is 38.1 Å². The molecule has 0 spiro atoms. The van der Waals surface area contributed by atoms with Gasteiger partial charge in [-0.3, -0.25) is 14.9 Å². The van der Waals surface area contributed by atoms with Gasteiger partial charge >= 0.3 is 5.69 Å². The largest absolute Gasteiger partial charge is 0.496 e. The summed E-state index contributed by atoms with van der Waals surface area (Å²) in [7, 11) is 1.46. The molecule has 0 unspecified atom stereocenters. The van der Waals surface area contributed by atoms with Crippen molar-refractivity contribution in [3.63, 3.8) is 0 Å². The van der Waals surface area contributed by atoms with E-state index in [1.807, 2.05) is 0 Å². The van der Waals surface area contributed by atoms with E-state index in [1.165, 1.54) is 25.5 Å². The molecule has 0 aromatic heterocycles. The molecule has 0 fully saturated rings. The summed E-state index contributed by atoms with van der Waals surface area (Å²) in [5.41, 5.74) is 2.80. The molecule has 0 atom stereocenters. The first-order valence-electron chi connectivity index (χ1n) is 8.56. The number of nitrogens with one attached hydrogen (secondary N) is 1. The first-order chi connectivity index (χ1) is 13.5. The number of nitrogens with zero attached hydrogens (tertiary/aromatic N) is 2. The fourth-order valence-corrected chi connectivity index (χ4v) is 2.41. The van der Waals surface area contributed by atoms with Gasteiger partial charge in [0.05, 0.1) is 37.0 Å². The number of carbonyl (C=O) groups is 1. The summed E-state index contributed by atoms with van der Waals surface area (Å²) in [5, 5.41) is 15.2. The molecule has 2 rings (SSSR count). The molecule has 0 saturated carbocycles. The zero-order valence-corrected chi connectivity index (χ0v) is 15.8. The van der Waals surface area contributed by atoms with Gasteiger partial charge < -0.3 is 14.2 Å². The molecule has 2 aromatic rings. The van der Waals surface area contributed by atoms with Gasteiger partial charge in [-0.1, -0.05) is 12.1 Å². The van der Waals surface area contributed by atoms with Gasteiger partial charge in [-0.15, -0.1) is 0 Å². The maximum Gasteiger partial charge on any atom is 0.311 e. The summed E-state index contributed by atoms with van der Waals surface area (Å²) in [6, 6.07) is 9.42. The van der Waals surface area contributed by atoms with Crippen molar-refractivity contribution in [1.82, 2.24) is 5.43 Å². The SMILES string of the molecule is CCOc1cc(OCC)c([N+](=O)[O-])cc1/C=N/NC(=O)c1ccccc1OC. The van der Waals surface area contributed by atoms with Crippen LogP contribution in [-0.2, 0) is 0 Å². The molecule has 2 aromatic carbocycles. The third-order valence-electron chi connectivity index (χ3n) is 3.61. The van der Waals surface area contributed by atoms with Crippen LogP contribution >= 0.6 is 0 Å². The van der Waals surface area contributed by atoms with Crippen LogP contribution in [0.4, 0.5) is 5.69 Å². The van der Waals surface area contributed by atoms with Crippen molar-refractivity contribution >= 4 is 17.8 Å². The third-order valence-corrected chi connectivity index (χ3v) is 3.61. The summed E-state index contributed by atoms with van der Waals surface area (Å²) >= 11 is 0. The predicted octanol–water partition coefficient (Wildman–Crippen LogP) is 3.16. The third kappa shape index (κ3) is 4.97. The molecule has 0 aliphatic rings. The highest BCUT2D eigenvalue weighted by Crippen LogP contribution is 2.34. The first-order valence-corrected chi connectivity index (χ1v) is 8.56. The predicted molar refractivity (Wildman–Crippen MR) is 103 cm³/mol. The summed E-state index contributed by atoms with van der Waals surface area (Å²) in [4.78, 5) is 23.0. The van der Waals surface area contributed by atoms with Crippen molar-refractivity contribution in [2.24, 2.45) is 5.10 Å². The van der Waals surface area contributed by atoms with Crippen LogP contribution in [0.2, 0.25) is 0 Å². The normalized spacial score (nSPS) is 10.5. The number of rotatable bonds is 9. The number of methoxy groups -OCH3 is 1. The van der Waals surface area contributed by atoms with E-state index in [2.05, 4.69) is 10.5 Å². The van der Waals surface area contributed by atoms with Crippen LogP contribution < -0.4 is 19.6 Å². The number of carbonyl (C=O) groups excluding carboxylic acids is 1. The second-order valence-corrected chi connectivity index (χ2v) is 5.38. The maximum atomic E-state index is 12.3. The lowest BCUT2D eigenvalue weighted by Gasteiger charge is -2.11. The summed E-state index contributed by atoms with van der Waals surface area (Å²) in [5.74, 6) is 0.381. The van der Waals surface area contributed by atoms with Gasteiger partial charge in [0.1, 0.15) is 11.5 Å². The highest BCUT2D eigenvalue weighted by atomic mass is 16.6. The molecule has 0 bridgehead atoms. The van der Waals surface area contributed by atoms with Crippen molar-refractivity contribution in [2.45, 2.75) is 13.8 Å². The van der Waals surface area contributed by atoms with Crippen LogP contribution in [0.25, 0.3) is 0 Å². The maximum absolute atomic E-state index is 12.3. The molecule has 9 nitrogen and oxygen atoms in total. The van der Waals surface area contributed by atoms with Crippen LogP contribution in [0.1, 0.15) is 29.8 Å². The van der Waals surface area contributed by atoms with E-state index in [9.17, 15) is 14.9 Å². The highest BCUT2D eigenvalue weighted by molar-refractivity contribution is 5.97. The molecular formula is C19H21N3O6. The Morgan fingerprint density at radius 3 is 2.46 bits per heavy atom. The van der Waals surface area contributed by atoms with Gasteiger partial charge in [0, 0.05) is 17.7 Å². The zero-order valence-electron chi connectivity index (χ0n) is 15.8. The lowest BCUT2D eigenvalue weighted by Crippen LogP contribution is -2.18. The number of amides is 1. The van der Waals surface area contributed by atoms with E-state index in [4.69, 9.17) is 14.2 Å². The molecule has 0 aliphatic heterocycles. The number of nitro groups is 1. The standard InChI is InChI=1S/C19H21N3O6/c1-4-27-17-11-18(28-5-2)15(22(24)25)10-13(17)12-20-21-19(23)14-8-6-7-9-16(14)26-3/h6-12H,4-5H2,1-3H3,(H,21,23)/b20-12+. The lowest BCUT2D eigenvalue weighted by molar-refractivity contribution is -0.385. The number of ether oxygens (including phenoxy) is 3. The van der Waals surface area contributed by atoms with Crippen molar-refractivity contribution in [2.75, 3.05) is 20.3 Å². The van der Waals surface area contributed by atoms with Crippen LogP contribution in [-0.4, -0.2) is 37.4 Å². The number of para-hydroxylation sites is 1. The average Bonchev–Trinajstić information content (AvgIpc) is 2.69. The van der Waals surface area contributed by atoms with E-state index in [-0.39, 0.29) is 18.0 Å². The van der Waals surface area contributed by atoms with Gasteiger partial charge in [0.2, 0.25) is 5.75 Å². The molecule has 28 heavy (non-hydrogen) atoms. The Morgan fingerprint density at radius 1 is 1.14 bits per heavy atom. The van der Waals surface area contributed by atoms with Crippen LogP contribution in [0.15, 0.2) is 41.5 Å². The van der Waals surface area contributed by atoms with E-state index in [0.29, 0.717) is 29.2 Å². The van der Waals surface area contributed by atoms with Gasteiger partial charge in [0.15, 0.2) is 0 Å². The molecule has 0 aliphatic carbocycles. The monoisotopic (exact) mass is 387 g/mol. The second kappa shape index (κ2) is 9.91. The molecule has 1 amide bonds. The molecule has 0 heterocycles. The number of hydrogen-bond acceptors (Lipinski definition) is 7. The molecule has 9 heteroatoms. The number of hydrogen-bond donors (Lipinski definition) is 1. The minimum atomic E-state index is -0.550. The first kappa shape index (κ1) is 20.7. The zero-order chi connectivity index (χ0) is 20.5. The Hall–Kier alpha value is -3.62. The van der Waals surface area contributed by atoms with Crippen LogP contribution in [0.5, 0.6) is 17.2 Å². The summed E-state index contributed by atoms with van der Waals surface area (Å²) in [6.45, 7) is 4.13. The number of benzene rings is 2. The van der Waals surface area contributed by atoms with Crippen molar-refractivity contribution in [3.8, 4) is 17.2 Å². The molecule has 148 valence electrons. The minimum Gasteiger partial charge on any atom is -0.496 e. The Bertz CT molecular complexity index is 882. The molecule has 0 radical (unpaired) electrons. The Kier molecular flexibility index (Phi) is 7.32. The Balaban J connectivity index is 2.29. The van der Waals surface area contributed by atoms with Crippen LogP contribution in [0.3, 0.4) is 0 Å². The lowest BCUT2D eigenvalue weighted by atomic mass is 10.1. The quantitative estimate of drug-likeness (QED) is 0.402. The Morgan fingerprint density at radius 2 is 1.82 bits per heavy atom. The van der Waals surface area contributed by atoms with E-state index < -0.39 is 10.8 Å². The average molecular weight is 387 g/mol. The topological polar surface area (TPSA) is 112 Å². The number of hydrazone groups is 1. The fraction of sp³-hybridized carbons (Fsp3) is 0.263. The molecule has 1 N–H and O–H groups in total. The Labute approximate surface area is 162 Å². The second-order valence-electron chi connectivity index (χ2n) is 5.38. The van der Waals surface area contributed by atoms with Crippen molar-refractivity contribution < 1.29 is 23.9 Å². The summed E-state index contributed by atoms with van der Waals surface area (Å²) < 4.78 is 16.0. The number of nitro benzene ring substituents is 1. The molecule has 0 saturated heterocycles. The minimum absolute atomic E-state index is 0.103. The fourth-order valence-electron chi connectivity index (χ4n) is 2.41. The summed E-state index contributed by atoms with van der Waals surface area (Å²) in [6.07, 6.45) is 1.28. The van der Waals surface area contributed by atoms with Crippen LogP contribution in [0, 0.1) is 10.1 Å². The van der Waals surface area contributed by atoms with Gasteiger partial charge in [0.25, 0.3) is 5.91 Å². The van der Waals surface area contributed by atoms with Crippen molar-refractivity contribution in [3.05, 3.63) is 57.6 Å². The van der Waals surface area contributed by atoms with Gasteiger partial charge in [-0.05, 0) is 26.0 Å². The smallest absolute Gasteiger partial charge is 0.311 e. The van der Waals surface area contributed by atoms with E-state index >= 15 is 0 Å². The van der Waals surface area contributed by atoms with Gasteiger partial charge in [-0.2, -0.15) is 5.10 Å².